The van der Waals surface area contributed by atoms with Gasteiger partial charge in [0.1, 0.15) is 6.29 Å². The number of hydrogen-bond donors (Lipinski definition) is 2. The fourth-order valence-corrected chi connectivity index (χ4v) is 2.21. The molecule has 1 saturated carbocycles. The van der Waals surface area contributed by atoms with Crippen LogP contribution < -0.4 is 11.1 Å². The molecule has 0 aliphatic heterocycles. The summed E-state index contributed by atoms with van der Waals surface area (Å²) in [5.74, 6) is 1.28. The van der Waals surface area contributed by atoms with E-state index in [1.165, 1.54) is 12.8 Å². The second-order valence-corrected chi connectivity index (χ2v) is 4.63. The first-order valence-electron chi connectivity index (χ1n) is 6.16. The van der Waals surface area contributed by atoms with Gasteiger partial charge in [-0.3, -0.25) is 4.79 Å². The lowest BCUT2D eigenvalue weighted by molar-refractivity contribution is -0.122. The highest BCUT2D eigenvalue weighted by Crippen LogP contribution is 2.27. The van der Waals surface area contributed by atoms with E-state index in [0.717, 1.165) is 32.2 Å². The Balaban J connectivity index is 2.10. The van der Waals surface area contributed by atoms with Crippen LogP contribution in [0.2, 0.25) is 0 Å². The maximum absolute atomic E-state index is 11.3. The third kappa shape index (κ3) is 4.75. The van der Waals surface area contributed by atoms with Gasteiger partial charge in [0.25, 0.3) is 0 Å². The minimum atomic E-state index is -0.00644. The molecule has 4 nitrogen and oxygen atoms in total. The molecule has 1 amide bonds. The van der Waals surface area contributed by atoms with E-state index in [9.17, 15) is 9.59 Å². The van der Waals surface area contributed by atoms with E-state index in [1.807, 2.05) is 0 Å². The molecule has 16 heavy (non-hydrogen) atoms. The van der Waals surface area contributed by atoms with Crippen molar-refractivity contribution in [3.63, 3.8) is 0 Å². The normalized spacial score (nSPS) is 25.1. The van der Waals surface area contributed by atoms with E-state index >= 15 is 0 Å². The fraction of sp³-hybridized carbons (Fsp3) is 0.833. The smallest absolute Gasteiger partial charge is 0.220 e. The van der Waals surface area contributed by atoms with E-state index in [1.54, 1.807) is 0 Å². The van der Waals surface area contributed by atoms with Crippen LogP contribution in [-0.2, 0) is 9.59 Å². The Labute approximate surface area is 97.0 Å². The van der Waals surface area contributed by atoms with Crippen LogP contribution in [0.5, 0.6) is 0 Å². The van der Waals surface area contributed by atoms with Crippen molar-refractivity contribution in [2.45, 2.75) is 38.5 Å². The molecule has 1 fully saturated rings. The zero-order chi connectivity index (χ0) is 11.8. The maximum Gasteiger partial charge on any atom is 0.220 e. The van der Waals surface area contributed by atoms with Gasteiger partial charge >= 0.3 is 0 Å². The van der Waals surface area contributed by atoms with Crippen LogP contribution in [0.25, 0.3) is 0 Å². The van der Waals surface area contributed by atoms with Gasteiger partial charge in [0, 0.05) is 19.4 Å². The summed E-state index contributed by atoms with van der Waals surface area (Å²) < 4.78 is 0. The number of carbonyl (C=O) groups is 2. The SMILES string of the molecule is NCC1CCC(CNC(=O)CCC=O)CC1. The molecule has 3 N–H and O–H groups in total. The highest BCUT2D eigenvalue weighted by molar-refractivity contribution is 5.77. The molecule has 0 aromatic heterocycles. The first-order valence-corrected chi connectivity index (χ1v) is 6.16. The standard InChI is InChI=1S/C12H22N2O2/c13-8-10-3-5-11(6-4-10)9-14-12(16)2-1-7-15/h7,10-11H,1-6,8-9,13H2,(H,14,16). The Morgan fingerprint density at radius 3 is 2.44 bits per heavy atom. The molecular formula is C12H22N2O2. The van der Waals surface area contributed by atoms with Gasteiger partial charge in [-0.25, -0.2) is 0 Å². The van der Waals surface area contributed by atoms with Gasteiger partial charge in [-0.1, -0.05) is 0 Å². The number of hydrogen-bond acceptors (Lipinski definition) is 3. The second kappa shape index (κ2) is 7.39. The number of aldehydes is 1. The lowest BCUT2D eigenvalue weighted by Gasteiger charge is -2.27. The molecule has 0 atom stereocenters. The van der Waals surface area contributed by atoms with Crippen molar-refractivity contribution in [2.24, 2.45) is 17.6 Å². The predicted molar refractivity (Wildman–Crippen MR) is 62.8 cm³/mol. The van der Waals surface area contributed by atoms with Gasteiger partial charge in [0.2, 0.25) is 5.91 Å². The molecule has 92 valence electrons. The van der Waals surface area contributed by atoms with Gasteiger partial charge in [-0.15, -0.1) is 0 Å². The Morgan fingerprint density at radius 2 is 1.88 bits per heavy atom. The third-order valence-electron chi connectivity index (χ3n) is 3.38. The maximum atomic E-state index is 11.3. The zero-order valence-corrected chi connectivity index (χ0v) is 9.78. The number of nitrogens with two attached hydrogens (primary N) is 1. The van der Waals surface area contributed by atoms with E-state index in [2.05, 4.69) is 5.32 Å². The van der Waals surface area contributed by atoms with Crippen LogP contribution in [0.4, 0.5) is 0 Å². The average molecular weight is 226 g/mol. The fourth-order valence-electron chi connectivity index (χ4n) is 2.21. The Hall–Kier alpha value is -0.900. The lowest BCUT2D eigenvalue weighted by Crippen LogP contribution is -2.32. The molecule has 0 saturated heterocycles. The number of carbonyl (C=O) groups excluding carboxylic acids is 2. The summed E-state index contributed by atoms with van der Waals surface area (Å²) >= 11 is 0. The molecule has 1 aliphatic carbocycles. The van der Waals surface area contributed by atoms with Crippen LogP contribution in [0, 0.1) is 11.8 Å². The minimum absolute atomic E-state index is 0.00644. The van der Waals surface area contributed by atoms with Crippen LogP contribution in [0.15, 0.2) is 0 Å². The molecule has 0 spiro atoms. The summed E-state index contributed by atoms with van der Waals surface area (Å²) in [6.45, 7) is 1.55. The Kier molecular flexibility index (Phi) is 6.08. The quantitative estimate of drug-likeness (QED) is 0.659. The molecule has 0 aromatic rings. The van der Waals surface area contributed by atoms with Gasteiger partial charge in [0.15, 0.2) is 0 Å². The molecule has 1 aliphatic rings. The first kappa shape index (κ1) is 13.2. The van der Waals surface area contributed by atoms with Crippen LogP contribution in [-0.4, -0.2) is 25.3 Å². The molecule has 0 bridgehead atoms. The summed E-state index contributed by atoms with van der Waals surface area (Å²) in [5, 5.41) is 2.89. The first-order chi connectivity index (χ1) is 7.76. The van der Waals surface area contributed by atoms with Crippen molar-refractivity contribution in [3.05, 3.63) is 0 Å². The largest absolute Gasteiger partial charge is 0.356 e. The predicted octanol–water partition coefficient (Wildman–Crippen LogP) is 0.847. The van der Waals surface area contributed by atoms with Crippen molar-refractivity contribution < 1.29 is 9.59 Å². The van der Waals surface area contributed by atoms with E-state index < -0.39 is 0 Å². The molecule has 0 aromatic carbocycles. The molecule has 1 rings (SSSR count). The van der Waals surface area contributed by atoms with Crippen molar-refractivity contribution in [3.8, 4) is 0 Å². The summed E-state index contributed by atoms with van der Waals surface area (Å²) in [6.07, 6.45) is 6.13. The summed E-state index contributed by atoms with van der Waals surface area (Å²) in [5.41, 5.74) is 5.62. The Morgan fingerprint density at radius 1 is 1.25 bits per heavy atom. The van der Waals surface area contributed by atoms with Crippen LogP contribution in [0.3, 0.4) is 0 Å². The molecule has 0 radical (unpaired) electrons. The van der Waals surface area contributed by atoms with Crippen molar-refractivity contribution >= 4 is 12.2 Å². The van der Waals surface area contributed by atoms with Crippen LogP contribution in [0.1, 0.15) is 38.5 Å². The second-order valence-electron chi connectivity index (χ2n) is 4.63. The molecule has 4 heteroatoms. The van der Waals surface area contributed by atoms with Gasteiger partial charge in [-0.2, -0.15) is 0 Å². The number of nitrogens with one attached hydrogen (secondary N) is 1. The minimum Gasteiger partial charge on any atom is -0.356 e. The number of amides is 1. The summed E-state index contributed by atoms with van der Waals surface area (Å²) in [6, 6.07) is 0. The van der Waals surface area contributed by atoms with E-state index in [0.29, 0.717) is 24.7 Å². The zero-order valence-electron chi connectivity index (χ0n) is 9.78. The van der Waals surface area contributed by atoms with Crippen molar-refractivity contribution in [1.82, 2.24) is 5.32 Å². The van der Waals surface area contributed by atoms with Gasteiger partial charge in [-0.05, 0) is 44.1 Å². The molecule has 0 unspecified atom stereocenters. The van der Waals surface area contributed by atoms with Crippen LogP contribution >= 0.6 is 0 Å². The monoisotopic (exact) mass is 226 g/mol. The van der Waals surface area contributed by atoms with Gasteiger partial charge in [0.05, 0.1) is 0 Å². The highest BCUT2D eigenvalue weighted by atomic mass is 16.1. The average Bonchev–Trinajstić information content (AvgIpc) is 2.34. The molecule has 0 heterocycles. The summed E-state index contributed by atoms with van der Waals surface area (Å²) in [7, 11) is 0. The highest BCUT2D eigenvalue weighted by Gasteiger charge is 2.20. The number of rotatable bonds is 6. The topological polar surface area (TPSA) is 72.2 Å². The Bertz CT molecular complexity index is 223. The van der Waals surface area contributed by atoms with E-state index in [4.69, 9.17) is 5.73 Å². The van der Waals surface area contributed by atoms with Crippen molar-refractivity contribution in [1.29, 1.82) is 0 Å². The third-order valence-corrected chi connectivity index (χ3v) is 3.38. The van der Waals surface area contributed by atoms with E-state index in [-0.39, 0.29) is 5.91 Å². The molecular weight excluding hydrogens is 204 g/mol. The summed E-state index contributed by atoms with van der Waals surface area (Å²) in [4.78, 5) is 21.4. The lowest BCUT2D eigenvalue weighted by atomic mass is 9.82. The van der Waals surface area contributed by atoms with Crippen molar-refractivity contribution in [2.75, 3.05) is 13.1 Å². The van der Waals surface area contributed by atoms with Gasteiger partial charge < -0.3 is 15.8 Å².